The van der Waals surface area contributed by atoms with Crippen LogP contribution in [-0.4, -0.2) is 17.3 Å². The number of halogens is 1. The van der Waals surface area contributed by atoms with E-state index < -0.39 is 5.97 Å². The van der Waals surface area contributed by atoms with Crippen LogP contribution in [0.2, 0.25) is 0 Å². The molecule has 1 fully saturated rings. The molecule has 1 N–H and O–H groups in total. The van der Waals surface area contributed by atoms with Crippen molar-refractivity contribution >= 4 is 17.7 Å². The van der Waals surface area contributed by atoms with E-state index in [9.17, 15) is 9.18 Å². The maximum Gasteiger partial charge on any atom is 0.303 e. The van der Waals surface area contributed by atoms with Crippen LogP contribution in [-0.2, 0) is 4.79 Å². The maximum atomic E-state index is 13.7. The van der Waals surface area contributed by atoms with Crippen molar-refractivity contribution in [2.24, 2.45) is 5.92 Å². The number of thioether (sulfide) groups is 1. The Morgan fingerprint density at radius 1 is 1.59 bits per heavy atom. The minimum absolute atomic E-state index is 0.0297. The van der Waals surface area contributed by atoms with Gasteiger partial charge in [-0.1, -0.05) is 6.07 Å². The van der Waals surface area contributed by atoms with E-state index >= 15 is 0 Å². The second kappa shape index (κ2) is 5.08. The van der Waals surface area contributed by atoms with Crippen molar-refractivity contribution in [2.45, 2.75) is 30.1 Å². The predicted octanol–water partition coefficient (Wildman–Crippen LogP) is 3.52. The number of rotatable bonds is 5. The first kappa shape index (κ1) is 12.4. The van der Waals surface area contributed by atoms with Gasteiger partial charge in [0.05, 0.1) is 6.42 Å². The third-order valence-corrected chi connectivity index (χ3v) is 3.96. The molecule has 1 aromatic rings. The predicted molar refractivity (Wildman–Crippen MR) is 65.9 cm³/mol. The van der Waals surface area contributed by atoms with E-state index in [1.807, 2.05) is 12.3 Å². The Balaban J connectivity index is 2.23. The number of carboxylic acids is 1. The topological polar surface area (TPSA) is 37.3 Å². The van der Waals surface area contributed by atoms with Crippen LogP contribution < -0.4 is 0 Å². The van der Waals surface area contributed by atoms with E-state index in [4.69, 9.17) is 5.11 Å². The Hall–Kier alpha value is -1.03. The normalized spacial score (nSPS) is 16.8. The van der Waals surface area contributed by atoms with Crippen LogP contribution in [0.4, 0.5) is 4.39 Å². The molecule has 17 heavy (non-hydrogen) atoms. The zero-order valence-corrected chi connectivity index (χ0v) is 10.5. The fraction of sp³-hybridized carbons (Fsp3) is 0.462. The number of aliphatic carboxylic acids is 1. The Kier molecular flexibility index (Phi) is 3.72. The molecule has 1 unspecified atom stereocenters. The summed E-state index contributed by atoms with van der Waals surface area (Å²) in [6, 6.07) is 5.10. The summed E-state index contributed by atoms with van der Waals surface area (Å²) in [6.07, 6.45) is 4.05. The van der Waals surface area contributed by atoms with Crippen LogP contribution in [0.25, 0.3) is 0 Å². The minimum atomic E-state index is -0.809. The number of hydrogen-bond acceptors (Lipinski definition) is 2. The molecule has 0 saturated heterocycles. The highest BCUT2D eigenvalue weighted by molar-refractivity contribution is 7.98. The summed E-state index contributed by atoms with van der Waals surface area (Å²) in [5, 5.41) is 8.89. The smallest absolute Gasteiger partial charge is 0.303 e. The molecule has 0 bridgehead atoms. The van der Waals surface area contributed by atoms with Crippen molar-refractivity contribution in [3.63, 3.8) is 0 Å². The van der Waals surface area contributed by atoms with E-state index in [0.717, 1.165) is 18.4 Å². The minimum Gasteiger partial charge on any atom is -0.481 e. The summed E-state index contributed by atoms with van der Waals surface area (Å²) < 4.78 is 13.7. The molecule has 1 atom stereocenters. The molecule has 1 aromatic carbocycles. The van der Waals surface area contributed by atoms with Crippen molar-refractivity contribution in [3.8, 4) is 0 Å². The van der Waals surface area contributed by atoms with Crippen LogP contribution in [0.15, 0.2) is 23.1 Å². The second-order valence-electron chi connectivity index (χ2n) is 4.44. The quantitative estimate of drug-likeness (QED) is 0.817. The third-order valence-electron chi connectivity index (χ3n) is 3.19. The summed E-state index contributed by atoms with van der Waals surface area (Å²) in [5.74, 6) is -0.661. The first-order chi connectivity index (χ1) is 8.11. The van der Waals surface area contributed by atoms with Gasteiger partial charge in [0, 0.05) is 4.90 Å². The van der Waals surface area contributed by atoms with Crippen molar-refractivity contribution in [3.05, 3.63) is 29.6 Å². The van der Waals surface area contributed by atoms with E-state index in [1.165, 1.54) is 17.8 Å². The molecule has 92 valence electrons. The molecule has 1 aliphatic carbocycles. The van der Waals surface area contributed by atoms with Crippen LogP contribution in [0.1, 0.15) is 30.7 Å². The Morgan fingerprint density at radius 2 is 2.29 bits per heavy atom. The van der Waals surface area contributed by atoms with Gasteiger partial charge in [-0.15, -0.1) is 11.8 Å². The van der Waals surface area contributed by atoms with Gasteiger partial charge >= 0.3 is 5.97 Å². The molecule has 0 aliphatic heterocycles. The van der Waals surface area contributed by atoms with Gasteiger partial charge in [0.15, 0.2) is 0 Å². The second-order valence-corrected chi connectivity index (χ2v) is 5.28. The van der Waals surface area contributed by atoms with E-state index in [1.54, 1.807) is 6.07 Å². The van der Waals surface area contributed by atoms with Crippen molar-refractivity contribution < 1.29 is 14.3 Å². The highest BCUT2D eigenvalue weighted by Crippen LogP contribution is 2.44. The zero-order chi connectivity index (χ0) is 12.4. The first-order valence-corrected chi connectivity index (χ1v) is 6.89. The molecule has 2 rings (SSSR count). The zero-order valence-electron chi connectivity index (χ0n) is 9.65. The van der Waals surface area contributed by atoms with Crippen molar-refractivity contribution in [2.75, 3.05) is 6.26 Å². The summed E-state index contributed by atoms with van der Waals surface area (Å²) in [6.45, 7) is 0. The number of carbonyl (C=O) groups is 1. The van der Waals surface area contributed by atoms with Gasteiger partial charge < -0.3 is 5.11 Å². The fourth-order valence-corrected chi connectivity index (χ4v) is 2.61. The summed E-state index contributed by atoms with van der Waals surface area (Å²) >= 11 is 1.36. The standard InChI is InChI=1S/C13H15FO2S/c1-17-12-5-4-9(6-11(12)14)10(7-13(15)16)8-2-3-8/h4-6,8,10H,2-3,7H2,1H3,(H,15,16). The molecule has 0 amide bonds. The fourth-order valence-electron chi connectivity index (χ4n) is 2.16. The molecule has 1 aliphatic rings. The lowest BCUT2D eigenvalue weighted by Gasteiger charge is -2.15. The average molecular weight is 254 g/mol. The largest absolute Gasteiger partial charge is 0.481 e. The SMILES string of the molecule is CSc1ccc(C(CC(=O)O)C2CC2)cc1F. The van der Waals surface area contributed by atoms with E-state index in [2.05, 4.69) is 0 Å². The highest BCUT2D eigenvalue weighted by Gasteiger charge is 2.33. The number of benzene rings is 1. The van der Waals surface area contributed by atoms with Crippen LogP contribution >= 0.6 is 11.8 Å². The third kappa shape index (κ3) is 3.00. The number of carboxylic acid groups (broad SMARTS) is 1. The lowest BCUT2D eigenvalue weighted by Crippen LogP contribution is -2.08. The van der Waals surface area contributed by atoms with Crippen LogP contribution in [0, 0.1) is 11.7 Å². The lowest BCUT2D eigenvalue weighted by molar-refractivity contribution is -0.137. The summed E-state index contributed by atoms with van der Waals surface area (Å²) in [4.78, 5) is 11.4. The Morgan fingerprint density at radius 3 is 2.76 bits per heavy atom. The van der Waals surface area contributed by atoms with E-state index in [0.29, 0.717) is 10.8 Å². The van der Waals surface area contributed by atoms with Gasteiger partial charge in [-0.05, 0) is 48.6 Å². The highest BCUT2D eigenvalue weighted by atomic mass is 32.2. The maximum absolute atomic E-state index is 13.7. The van der Waals surface area contributed by atoms with Gasteiger partial charge in [0.2, 0.25) is 0 Å². The first-order valence-electron chi connectivity index (χ1n) is 5.67. The monoisotopic (exact) mass is 254 g/mol. The summed E-state index contributed by atoms with van der Waals surface area (Å²) in [7, 11) is 0. The van der Waals surface area contributed by atoms with Gasteiger partial charge in [0.25, 0.3) is 0 Å². The molecule has 4 heteroatoms. The Labute approximate surface area is 104 Å². The summed E-state index contributed by atoms with van der Waals surface area (Å²) in [5.41, 5.74) is 0.824. The molecule has 2 nitrogen and oxygen atoms in total. The van der Waals surface area contributed by atoms with Gasteiger partial charge in [-0.3, -0.25) is 4.79 Å². The number of hydrogen-bond donors (Lipinski definition) is 1. The molecule has 0 radical (unpaired) electrons. The molecule has 0 spiro atoms. The van der Waals surface area contributed by atoms with Crippen molar-refractivity contribution in [1.82, 2.24) is 0 Å². The molecule has 0 aromatic heterocycles. The molecular weight excluding hydrogens is 239 g/mol. The average Bonchev–Trinajstić information content (AvgIpc) is 3.09. The van der Waals surface area contributed by atoms with Crippen LogP contribution in [0.3, 0.4) is 0 Å². The van der Waals surface area contributed by atoms with E-state index in [-0.39, 0.29) is 18.2 Å². The molecule has 1 saturated carbocycles. The molecule has 0 heterocycles. The van der Waals surface area contributed by atoms with Gasteiger partial charge in [0.1, 0.15) is 5.82 Å². The van der Waals surface area contributed by atoms with Crippen LogP contribution in [0.5, 0.6) is 0 Å². The van der Waals surface area contributed by atoms with Gasteiger partial charge in [-0.25, -0.2) is 4.39 Å². The molecular formula is C13H15FO2S. The Bertz CT molecular complexity index is 429. The van der Waals surface area contributed by atoms with Crippen molar-refractivity contribution in [1.29, 1.82) is 0 Å². The lowest BCUT2D eigenvalue weighted by atomic mass is 9.91. The van der Waals surface area contributed by atoms with Gasteiger partial charge in [-0.2, -0.15) is 0 Å².